The van der Waals surface area contributed by atoms with Crippen LogP contribution in [0.1, 0.15) is 28.5 Å². The summed E-state index contributed by atoms with van der Waals surface area (Å²) in [6.07, 6.45) is 5.48. The number of hydrogen-bond donors (Lipinski definition) is 2. The van der Waals surface area contributed by atoms with Crippen molar-refractivity contribution >= 4 is 39.6 Å². The van der Waals surface area contributed by atoms with Gasteiger partial charge in [-0.25, -0.2) is 4.52 Å². The van der Waals surface area contributed by atoms with Crippen molar-refractivity contribution in [1.82, 2.24) is 29.8 Å². The van der Waals surface area contributed by atoms with E-state index in [4.69, 9.17) is 11.6 Å². The van der Waals surface area contributed by atoms with Crippen molar-refractivity contribution in [1.29, 1.82) is 0 Å². The maximum atomic E-state index is 12.4. The lowest BCUT2D eigenvalue weighted by atomic mass is 9.91. The first-order chi connectivity index (χ1) is 15.9. The van der Waals surface area contributed by atoms with Gasteiger partial charge in [0.2, 0.25) is 0 Å². The molecule has 33 heavy (non-hydrogen) atoms. The molecule has 168 valence electrons. The molecule has 2 N–H and O–H groups in total. The quantitative estimate of drug-likeness (QED) is 0.486. The molecule has 0 bridgehead atoms. The van der Waals surface area contributed by atoms with E-state index in [9.17, 15) is 9.59 Å². The average Bonchev–Trinajstić information content (AvgIpc) is 3.21. The number of nitrogens with one attached hydrogen (secondary N) is 2. The predicted octanol–water partition coefficient (Wildman–Crippen LogP) is 3.12. The van der Waals surface area contributed by atoms with Crippen molar-refractivity contribution < 1.29 is 4.79 Å². The molecule has 1 aromatic carbocycles. The molecule has 1 aliphatic rings. The van der Waals surface area contributed by atoms with Crippen LogP contribution in [0.25, 0.3) is 22.1 Å². The first-order valence-electron chi connectivity index (χ1n) is 10.7. The second-order valence-electron chi connectivity index (χ2n) is 8.32. The van der Waals surface area contributed by atoms with Gasteiger partial charge in [0.15, 0.2) is 5.52 Å². The van der Waals surface area contributed by atoms with E-state index in [0.29, 0.717) is 22.2 Å². The minimum atomic E-state index is -0.252. The Balaban J connectivity index is 1.35. The van der Waals surface area contributed by atoms with Crippen LogP contribution >= 0.6 is 11.6 Å². The van der Waals surface area contributed by atoms with Crippen LogP contribution in [-0.2, 0) is 6.54 Å². The Morgan fingerprint density at radius 2 is 2.12 bits per heavy atom. The van der Waals surface area contributed by atoms with Crippen molar-refractivity contribution in [2.75, 3.05) is 20.1 Å². The Bertz CT molecular complexity index is 1450. The SMILES string of the molecule is CNC(=O)c1ccc(C2=CCN(Cc3ccc4c(c3)[nH]c(=O)c3c(Cl)cnn34)CC2C)cn1. The second kappa shape index (κ2) is 8.46. The van der Waals surface area contributed by atoms with E-state index >= 15 is 0 Å². The van der Waals surface area contributed by atoms with Gasteiger partial charge in [-0.1, -0.05) is 36.7 Å². The van der Waals surface area contributed by atoms with E-state index < -0.39 is 0 Å². The Morgan fingerprint density at radius 3 is 2.85 bits per heavy atom. The fraction of sp³-hybridized carbons (Fsp3) is 0.250. The molecule has 3 aromatic heterocycles. The number of carbonyl (C=O) groups excluding carboxylic acids is 1. The van der Waals surface area contributed by atoms with E-state index in [1.54, 1.807) is 23.8 Å². The van der Waals surface area contributed by atoms with Gasteiger partial charge in [0.1, 0.15) is 5.69 Å². The molecule has 0 saturated heterocycles. The third-order valence-corrected chi connectivity index (χ3v) is 6.35. The predicted molar refractivity (Wildman–Crippen MR) is 128 cm³/mol. The average molecular weight is 463 g/mol. The number of benzene rings is 1. The fourth-order valence-corrected chi connectivity index (χ4v) is 4.68. The topological polar surface area (TPSA) is 95.4 Å². The van der Waals surface area contributed by atoms with Crippen molar-refractivity contribution in [3.8, 4) is 0 Å². The lowest BCUT2D eigenvalue weighted by molar-refractivity contribution is 0.0958. The first kappa shape index (κ1) is 21.4. The zero-order valence-corrected chi connectivity index (χ0v) is 19.1. The van der Waals surface area contributed by atoms with Crippen molar-refractivity contribution in [3.63, 3.8) is 0 Å². The van der Waals surface area contributed by atoms with Crippen LogP contribution in [0.15, 0.2) is 53.6 Å². The number of pyridine rings is 1. The largest absolute Gasteiger partial charge is 0.354 e. The molecule has 1 atom stereocenters. The Morgan fingerprint density at radius 1 is 1.27 bits per heavy atom. The third-order valence-electron chi connectivity index (χ3n) is 6.07. The number of hydrogen-bond acceptors (Lipinski definition) is 5. The highest BCUT2D eigenvalue weighted by Crippen LogP contribution is 2.28. The van der Waals surface area contributed by atoms with Crippen LogP contribution in [0, 0.1) is 5.92 Å². The van der Waals surface area contributed by atoms with Crippen molar-refractivity contribution in [2.24, 2.45) is 5.92 Å². The summed E-state index contributed by atoms with van der Waals surface area (Å²) < 4.78 is 1.59. The second-order valence-corrected chi connectivity index (χ2v) is 8.73. The molecule has 0 aliphatic carbocycles. The third kappa shape index (κ3) is 3.92. The summed E-state index contributed by atoms with van der Waals surface area (Å²) >= 11 is 6.10. The number of H-pyrrole nitrogens is 1. The van der Waals surface area contributed by atoms with Gasteiger partial charge in [0, 0.05) is 32.9 Å². The van der Waals surface area contributed by atoms with Gasteiger partial charge in [0.05, 0.1) is 22.3 Å². The number of fused-ring (bicyclic) bond motifs is 3. The zero-order chi connectivity index (χ0) is 23.1. The van der Waals surface area contributed by atoms with E-state index in [0.717, 1.165) is 41.8 Å². The fourth-order valence-electron chi connectivity index (χ4n) is 4.47. The highest BCUT2D eigenvalue weighted by atomic mass is 35.5. The summed E-state index contributed by atoms with van der Waals surface area (Å²) in [6.45, 7) is 4.66. The maximum Gasteiger partial charge on any atom is 0.276 e. The Kier molecular flexibility index (Phi) is 5.47. The van der Waals surface area contributed by atoms with E-state index in [1.165, 1.54) is 11.8 Å². The molecular formula is C24H23ClN6O2. The van der Waals surface area contributed by atoms with E-state index in [1.807, 2.05) is 18.2 Å². The molecular weight excluding hydrogens is 440 g/mol. The van der Waals surface area contributed by atoms with E-state index in [2.05, 4.69) is 44.3 Å². The molecule has 0 saturated carbocycles. The first-order valence-corrected chi connectivity index (χ1v) is 11.1. The summed E-state index contributed by atoms with van der Waals surface area (Å²) in [7, 11) is 1.60. The van der Waals surface area contributed by atoms with Gasteiger partial charge in [-0.05, 0) is 40.8 Å². The highest BCUT2D eigenvalue weighted by Gasteiger charge is 2.21. The molecule has 9 heteroatoms. The molecule has 1 unspecified atom stereocenters. The molecule has 0 spiro atoms. The molecule has 8 nitrogen and oxygen atoms in total. The summed E-state index contributed by atoms with van der Waals surface area (Å²) in [5.41, 5.74) is 5.44. The normalized spacial score (nSPS) is 16.8. The number of aromatic nitrogens is 4. The number of aromatic amines is 1. The van der Waals surface area contributed by atoms with Crippen LogP contribution in [-0.4, -0.2) is 50.5 Å². The Labute approximate surface area is 194 Å². The lowest BCUT2D eigenvalue weighted by Gasteiger charge is -2.31. The van der Waals surface area contributed by atoms with E-state index in [-0.39, 0.29) is 11.5 Å². The summed E-state index contributed by atoms with van der Waals surface area (Å²) in [6, 6.07) is 9.73. The van der Waals surface area contributed by atoms with Crippen LogP contribution in [0.5, 0.6) is 0 Å². The zero-order valence-electron chi connectivity index (χ0n) is 18.3. The highest BCUT2D eigenvalue weighted by molar-refractivity contribution is 6.33. The number of amides is 1. The number of halogens is 1. The van der Waals surface area contributed by atoms with Gasteiger partial charge >= 0.3 is 0 Å². The van der Waals surface area contributed by atoms with Gasteiger partial charge in [-0.3, -0.25) is 19.5 Å². The van der Waals surface area contributed by atoms with Crippen LogP contribution < -0.4 is 10.9 Å². The Hall–Kier alpha value is -3.49. The number of rotatable bonds is 4. The molecule has 1 amide bonds. The number of nitrogens with zero attached hydrogens (tertiary/aromatic N) is 4. The smallest absolute Gasteiger partial charge is 0.276 e. The van der Waals surface area contributed by atoms with Crippen LogP contribution in [0.4, 0.5) is 0 Å². The monoisotopic (exact) mass is 462 g/mol. The van der Waals surface area contributed by atoms with Gasteiger partial charge in [-0.2, -0.15) is 5.10 Å². The number of carbonyl (C=O) groups is 1. The van der Waals surface area contributed by atoms with Crippen molar-refractivity contribution in [3.05, 3.63) is 81.0 Å². The molecule has 0 fully saturated rings. The minimum absolute atomic E-state index is 0.188. The van der Waals surface area contributed by atoms with Crippen LogP contribution in [0.2, 0.25) is 5.02 Å². The molecule has 0 radical (unpaired) electrons. The van der Waals surface area contributed by atoms with Gasteiger partial charge < -0.3 is 10.3 Å². The lowest BCUT2D eigenvalue weighted by Crippen LogP contribution is -2.32. The molecule has 1 aliphatic heterocycles. The standard InChI is InChI=1S/C24H23ClN6O2/c1-14-12-30(8-7-17(14)16-4-5-19(27-10-16)23(32)26-2)13-15-3-6-21-20(9-15)29-24(33)22-18(25)11-28-31(21)22/h3-7,9-11,14H,8,12-13H2,1-2H3,(H,26,32)(H,29,33). The minimum Gasteiger partial charge on any atom is -0.354 e. The summed E-state index contributed by atoms with van der Waals surface area (Å²) in [5.74, 6) is 0.129. The van der Waals surface area contributed by atoms with Crippen LogP contribution in [0.3, 0.4) is 0 Å². The maximum absolute atomic E-state index is 12.4. The molecule has 5 rings (SSSR count). The van der Waals surface area contributed by atoms with Crippen molar-refractivity contribution in [2.45, 2.75) is 13.5 Å². The van der Waals surface area contributed by atoms with Gasteiger partial charge in [-0.15, -0.1) is 0 Å². The summed E-state index contributed by atoms with van der Waals surface area (Å²) in [4.78, 5) is 33.7. The summed E-state index contributed by atoms with van der Waals surface area (Å²) in [5, 5.41) is 7.17. The molecule has 4 aromatic rings. The van der Waals surface area contributed by atoms with Gasteiger partial charge in [0.25, 0.3) is 11.5 Å². The molecule has 4 heterocycles.